The van der Waals surface area contributed by atoms with Crippen molar-refractivity contribution in [2.45, 2.75) is 37.6 Å². The number of anilines is 2. The SMILES string of the molecule is COc1cc(CO)ccc1NC1CC(Nc2cccc(C(F)(F)F)n2)NC2NN(C)C(=O)C12. The molecule has 12 heteroatoms. The number of alkyl halides is 3. The molecule has 0 radical (unpaired) electrons. The molecular weight excluding hydrogens is 441 g/mol. The van der Waals surface area contributed by atoms with Crippen molar-refractivity contribution in [3.05, 3.63) is 47.7 Å². The largest absolute Gasteiger partial charge is 0.495 e. The number of carbonyl (C=O) groups excluding carboxylic acids is 1. The van der Waals surface area contributed by atoms with Gasteiger partial charge in [-0.1, -0.05) is 12.1 Å². The third-order valence-corrected chi connectivity index (χ3v) is 5.76. The van der Waals surface area contributed by atoms with Gasteiger partial charge in [-0.2, -0.15) is 13.2 Å². The molecule has 4 atom stereocenters. The first kappa shape index (κ1) is 23.1. The van der Waals surface area contributed by atoms with E-state index in [0.717, 1.165) is 6.07 Å². The van der Waals surface area contributed by atoms with Gasteiger partial charge in [0.05, 0.1) is 37.7 Å². The second-order valence-electron chi connectivity index (χ2n) is 7.98. The van der Waals surface area contributed by atoms with Gasteiger partial charge in [0, 0.05) is 19.5 Å². The number of rotatable bonds is 6. The minimum Gasteiger partial charge on any atom is -0.495 e. The van der Waals surface area contributed by atoms with Crippen LogP contribution in [0.1, 0.15) is 17.7 Å². The Balaban J connectivity index is 1.57. The van der Waals surface area contributed by atoms with E-state index in [1.807, 2.05) is 0 Å². The smallest absolute Gasteiger partial charge is 0.433 e. The fourth-order valence-electron chi connectivity index (χ4n) is 4.20. The molecule has 4 unspecified atom stereocenters. The summed E-state index contributed by atoms with van der Waals surface area (Å²) in [4.78, 5) is 16.4. The molecule has 1 aromatic heterocycles. The van der Waals surface area contributed by atoms with Crippen molar-refractivity contribution in [2.24, 2.45) is 5.92 Å². The number of piperidine rings is 1. The molecule has 2 aromatic rings. The maximum Gasteiger partial charge on any atom is 0.433 e. The standard InChI is InChI=1S/C21H25F3N6O3/c1-30-20(32)18-13(25-12-7-6-11(10-31)8-14(12)33-2)9-17(28-19(18)29-30)27-16-5-3-4-15(26-16)21(22,23)24/h3-8,13,17-19,25,28-29,31H,9-10H2,1-2H3,(H,26,27). The second-order valence-corrected chi connectivity index (χ2v) is 7.98. The van der Waals surface area contributed by atoms with E-state index in [2.05, 4.69) is 26.4 Å². The first-order chi connectivity index (χ1) is 15.7. The zero-order chi connectivity index (χ0) is 23.8. The zero-order valence-electron chi connectivity index (χ0n) is 18.0. The predicted octanol–water partition coefficient (Wildman–Crippen LogP) is 1.73. The third kappa shape index (κ3) is 4.82. The maximum absolute atomic E-state index is 13.0. The molecule has 0 spiro atoms. The summed E-state index contributed by atoms with van der Waals surface area (Å²) in [6.07, 6.45) is -5.11. The lowest BCUT2D eigenvalue weighted by molar-refractivity contribution is -0.141. The number of nitrogens with one attached hydrogen (secondary N) is 4. The van der Waals surface area contributed by atoms with E-state index in [1.165, 1.54) is 24.3 Å². The fraction of sp³-hybridized carbons (Fsp3) is 0.429. The number of aromatic nitrogens is 1. The molecule has 2 saturated heterocycles. The van der Waals surface area contributed by atoms with Crippen molar-refractivity contribution in [3.8, 4) is 5.75 Å². The van der Waals surface area contributed by atoms with Gasteiger partial charge in [0.25, 0.3) is 0 Å². The Morgan fingerprint density at radius 2 is 2.06 bits per heavy atom. The third-order valence-electron chi connectivity index (χ3n) is 5.76. The van der Waals surface area contributed by atoms with Crippen LogP contribution in [0.2, 0.25) is 0 Å². The van der Waals surface area contributed by atoms with Crippen molar-refractivity contribution in [2.75, 3.05) is 24.8 Å². The van der Waals surface area contributed by atoms with E-state index in [1.54, 1.807) is 25.2 Å². The quantitative estimate of drug-likeness (QED) is 0.438. The van der Waals surface area contributed by atoms with Gasteiger partial charge in [-0.3, -0.25) is 15.1 Å². The van der Waals surface area contributed by atoms with E-state index in [4.69, 9.17) is 4.74 Å². The van der Waals surface area contributed by atoms with Crippen molar-refractivity contribution in [3.63, 3.8) is 0 Å². The molecule has 1 amide bonds. The highest BCUT2D eigenvalue weighted by molar-refractivity contribution is 5.82. The molecule has 9 nitrogen and oxygen atoms in total. The highest BCUT2D eigenvalue weighted by atomic mass is 19.4. The summed E-state index contributed by atoms with van der Waals surface area (Å²) in [5.41, 5.74) is 3.37. The highest BCUT2D eigenvalue weighted by Gasteiger charge is 2.48. The lowest BCUT2D eigenvalue weighted by Crippen LogP contribution is -2.60. The number of halogens is 3. The van der Waals surface area contributed by atoms with Crippen LogP contribution < -0.4 is 26.1 Å². The molecule has 3 heterocycles. The normalized spacial score (nSPS) is 25.0. The van der Waals surface area contributed by atoms with Crippen LogP contribution in [-0.2, 0) is 17.6 Å². The van der Waals surface area contributed by atoms with Gasteiger partial charge in [-0.05, 0) is 29.8 Å². The molecule has 2 aliphatic heterocycles. The van der Waals surface area contributed by atoms with Gasteiger partial charge < -0.3 is 20.5 Å². The van der Waals surface area contributed by atoms with Crippen molar-refractivity contribution >= 4 is 17.4 Å². The average Bonchev–Trinajstić information content (AvgIpc) is 3.07. The number of hydrazine groups is 1. The molecule has 33 heavy (non-hydrogen) atoms. The van der Waals surface area contributed by atoms with E-state index in [0.29, 0.717) is 23.4 Å². The number of pyridine rings is 1. The number of aliphatic hydroxyl groups excluding tert-OH is 1. The lowest BCUT2D eigenvalue weighted by atomic mass is 9.88. The molecular formula is C21H25F3N6O3. The number of hydrogen-bond donors (Lipinski definition) is 5. The van der Waals surface area contributed by atoms with E-state index in [-0.39, 0.29) is 24.4 Å². The number of nitrogens with zero attached hydrogens (tertiary/aromatic N) is 2. The number of fused-ring (bicyclic) bond motifs is 1. The van der Waals surface area contributed by atoms with Gasteiger partial charge in [-0.15, -0.1) is 0 Å². The molecule has 0 saturated carbocycles. The van der Waals surface area contributed by atoms with Crippen molar-refractivity contribution < 1.29 is 27.8 Å². The molecule has 1 aromatic carbocycles. The maximum atomic E-state index is 13.0. The second kappa shape index (κ2) is 9.04. The number of benzene rings is 1. The Labute approximate surface area is 188 Å². The summed E-state index contributed by atoms with van der Waals surface area (Å²) in [6, 6.07) is 8.48. The van der Waals surface area contributed by atoms with Gasteiger partial charge >= 0.3 is 6.18 Å². The topological polar surface area (TPSA) is 111 Å². The number of aliphatic hydroxyl groups is 1. The Morgan fingerprint density at radius 3 is 2.76 bits per heavy atom. The molecule has 0 bridgehead atoms. The highest BCUT2D eigenvalue weighted by Crippen LogP contribution is 2.33. The van der Waals surface area contributed by atoms with Gasteiger partial charge in [-0.25, -0.2) is 10.4 Å². The molecule has 0 aliphatic carbocycles. The molecule has 2 aliphatic rings. The lowest BCUT2D eigenvalue weighted by Gasteiger charge is -2.39. The van der Waals surface area contributed by atoms with E-state index >= 15 is 0 Å². The number of hydrogen-bond acceptors (Lipinski definition) is 8. The van der Waals surface area contributed by atoms with E-state index < -0.39 is 30.1 Å². The summed E-state index contributed by atoms with van der Waals surface area (Å²) < 4.78 is 44.6. The summed E-state index contributed by atoms with van der Waals surface area (Å²) in [5.74, 6) is -0.00846. The Bertz CT molecular complexity index is 1020. The summed E-state index contributed by atoms with van der Waals surface area (Å²) in [7, 11) is 3.12. The number of amides is 1. The molecule has 178 valence electrons. The fourth-order valence-corrected chi connectivity index (χ4v) is 4.20. The molecule has 2 fully saturated rings. The average molecular weight is 466 g/mol. The number of methoxy groups -OCH3 is 1. The predicted molar refractivity (Wildman–Crippen MR) is 114 cm³/mol. The van der Waals surface area contributed by atoms with Crippen LogP contribution in [-0.4, -0.2) is 53.5 Å². The van der Waals surface area contributed by atoms with E-state index in [9.17, 15) is 23.1 Å². The van der Waals surface area contributed by atoms with Crippen molar-refractivity contribution in [1.82, 2.24) is 20.7 Å². The van der Waals surface area contributed by atoms with Gasteiger partial charge in [0.15, 0.2) is 0 Å². The van der Waals surface area contributed by atoms with Crippen LogP contribution in [0.15, 0.2) is 36.4 Å². The van der Waals surface area contributed by atoms with Crippen LogP contribution in [0.4, 0.5) is 24.7 Å². The molecule has 5 N–H and O–H groups in total. The summed E-state index contributed by atoms with van der Waals surface area (Å²) in [5, 5.41) is 20.4. The minimum absolute atomic E-state index is 0.0714. The van der Waals surface area contributed by atoms with Gasteiger partial charge in [0.2, 0.25) is 5.91 Å². The van der Waals surface area contributed by atoms with Crippen LogP contribution in [0.5, 0.6) is 5.75 Å². The summed E-state index contributed by atoms with van der Waals surface area (Å²) in [6.45, 7) is -0.141. The summed E-state index contributed by atoms with van der Waals surface area (Å²) >= 11 is 0. The number of carbonyl (C=O) groups is 1. The minimum atomic E-state index is -4.55. The monoisotopic (exact) mass is 466 g/mol. The van der Waals surface area contributed by atoms with Crippen LogP contribution in [0.3, 0.4) is 0 Å². The van der Waals surface area contributed by atoms with Crippen molar-refractivity contribution in [1.29, 1.82) is 0 Å². The zero-order valence-corrected chi connectivity index (χ0v) is 18.0. The first-order valence-corrected chi connectivity index (χ1v) is 10.3. The van der Waals surface area contributed by atoms with Crippen LogP contribution in [0, 0.1) is 5.92 Å². The molecule has 4 rings (SSSR count). The Morgan fingerprint density at radius 1 is 1.27 bits per heavy atom. The Kier molecular flexibility index (Phi) is 6.32. The number of ether oxygens (including phenoxy) is 1. The van der Waals surface area contributed by atoms with Crippen LogP contribution in [0.25, 0.3) is 0 Å². The van der Waals surface area contributed by atoms with Gasteiger partial charge in [0.1, 0.15) is 17.3 Å². The van der Waals surface area contributed by atoms with Crippen LogP contribution >= 0.6 is 0 Å². The first-order valence-electron chi connectivity index (χ1n) is 10.3. The Hall–Kier alpha value is -3.09.